The molecule has 2 rings (SSSR count). The lowest BCUT2D eigenvalue weighted by Crippen LogP contribution is -2.11. The van der Waals surface area contributed by atoms with Crippen molar-refractivity contribution in [2.75, 3.05) is 0 Å². The summed E-state index contributed by atoms with van der Waals surface area (Å²) in [5, 5.41) is 3.86. The van der Waals surface area contributed by atoms with Gasteiger partial charge in [0, 0.05) is 17.1 Å². The van der Waals surface area contributed by atoms with Gasteiger partial charge in [-0.05, 0) is 18.2 Å². The summed E-state index contributed by atoms with van der Waals surface area (Å²) < 4.78 is 39.4. The second-order valence-electron chi connectivity index (χ2n) is 3.54. The van der Waals surface area contributed by atoms with Gasteiger partial charge in [-0.2, -0.15) is 18.3 Å². The quantitative estimate of drug-likeness (QED) is 0.782. The zero-order valence-corrected chi connectivity index (χ0v) is 10.4. The Balaban J connectivity index is 2.45. The molecular weight excluding hydrogens is 297 g/mol. The van der Waals surface area contributed by atoms with E-state index in [2.05, 4.69) is 21.0 Å². The van der Waals surface area contributed by atoms with Crippen molar-refractivity contribution < 1.29 is 13.2 Å². The lowest BCUT2D eigenvalue weighted by atomic mass is 10.1. The predicted octanol–water partition coefficient (Wildman–Crippen LogP) is 3.87. The number of hydrogen-bond acceptors (Lipinski definition) is 1. The first-order valence-corrected chi connectivity index (χ1v) is 5.54. The number of halogens is 4. The minimum atomic E-state index is -4.38. The Kier molecular flexibility index (Phi) is 2.99. The summed E-state index contributed by atoms with van der Waals surface area (Å²) in [6.07, 6.45) is -4.38. The van der Waals surface area contributed by atoms with Crippen LogP contribution in [-0.4, -0.2) is 9.78 Å². The van der Waals surface area contributed by atoms with Crippen LogP contribution in [0.3, 0.4) is 0 Å². The van der Waals surface area contributed by atoms with Gasteiger partial charge in [-0.3, -0.25) is 4.68 Å². The number of rotatable bonds is 1. The van der Waals surface area contributed by atoms with Crippen molar-refractivity contribution in [2.24, 2.45) is 7.05 Å². The highest BCUT2D eigenvalue weighted by Crippen LogP contribution is 2.31. The maximum absolute atomic E-state index is 12.6. The zero-order valence-electron chi connectivity index (χ0n) is 8.79. The second kappa shape index (κ2) is 4.18. The molecule has 0 aliphatic heterocycles. The molecule has 1 aromatic carbocycles. The third kappa shape index (κ3) is 2.52. The van der Waals surface area contributed by atoms with Crippen LogP contribution in [0.25, 0.3) is 11.3 Å². The van der Waals surface area contributed by atoms with Gasteiger partial charge in [-0.1, -0.05) is 28.1 Å². The maximum atomic E-state index is 12.6. The number of nitrogens with zero attached hydrogens (tertiary/aromatic N) is 2. The monoisotopic (exact) mass is 304 g/mol. The maximum Gasteiger partial charge on any atom is 0.433 e. The van der Waals surface area contributed by atoms with Gasteiger partial charge >= 0.3 is 6.18 Å². The fraction of sp³-hybridized carbons (Fsp3) is 0.182. The molecule has 0 unspecified atom stereocenters. The summed E-state index contributed by atoms with van der Waals surface area (Å²) in [4.78, 5) is 0. The lowest BCUT2D eigenvalue weighted by molar-refractivity contribution is -0.143. The predicted molar refractivity (Wildman–Crippen MR) is 61.3 cm³/mol. The number of benzene rings is 1. The van der Waals surface area contributed by atoms with E-state index in [-0.39, 0.29) is 0 Å². The molecule has 0 saturated heterocycles. The fourth-order valence-corrected chi connectivity index (χ4v) is 1.76. The number of aryl methyl sites for hydroxylation is 1. The van der Waals surface area contributed by atoms with Crippen LogP contribution < -0.4 is 0 Å². The zero-order chi connectivity index (χ0) is 12.6. The molecule has 0 saturated carbocycles. The van der Waals surface area contributed by atoms with E-state index in [9.17, 15) is 13.2 Å². The molecule has 0 bridgehead atoms. The van der Waals surface area contributed by atoms with Crippen LogP contribution in [0.4, 0.5) is 13.2 Å². The fourth-order valence-electron chi connectivity index (χ4n) is 1.49. The van der Waals surface area contributed by atoms with Crippen LogP contribution in [0.5, 0.6) is 0 Å². The smallest absolute Gasteiger partial charge is 0.263 e. The molecule has 0 fully saturated rings. The van der Waals surface area contributed by atoms with Crippen molar-refractivity contribution in [1.82, 2.24) is 9.78 Å². The van der Waals surface area contributed by atoms with Crippen LogP contribution in [0, 0.1) is 0 Å². The van der Waals surface area contributed by atoms with Crippen LogP contribution in [-0.2, 0) is 13.2 Å². The first kappa shape index (κ1) is 12.2. The molecule has 2 nitrogen and oxygen atoms in total. The van der Waals surface area contributed by atoms with Crippen LogP contribution in [0.15, 0.2) is 34.8 Å². The van der Waals surface area contributed by atoms with Crippen molar-refractivity contribution in [3.05, 3.63) is 40.5 Å². The Labute approximate surface area is 104 Å². The Bertz CT molecular complexity index is 529. The van der Waals surface area contributed by atoms with Crippen molar-refractivity contribution >= 4 is 15.9 Å². The second-order valence-corrected chi connectivity index (χ2v) is 4.46. The summed E-state index contributed by atoms with van der Waals surface area (Å²) in [6, 6.07) is 8.00. The first-order chi connectivity index (χ1) is 7.88. The normalized spacial score (nSPS) is 11.8. The molecule has 0 spiro atoms. The van der Waals surface area contributed by atoms with E-state index >= 15 is 0 Å². The summed E-state index contributed by atoms with van der Waals surface area (Å²) >= 11 is 3.26. The molecular formula is C11H8BrF3N2. The van der Waals surface area contributed by atoms with E-state index in [1.54, 1.807) is 24.3 Å². The topological polar surface area (TPSA) is 17.8 Å². The Morgan fingerprint density at radius 1 is 1.18 bits per heavy atom. The van der Waals surface area contributed by atoms with E-state index in [0.717, 1.165) is 15.2 Å². The Hall–Kier alpha value is -1.30. The van der Waals surface area contributed by atoms with Gasteiger partial charge in [-0.25, -0.2) is 0 Å². The Morgan fingerprint density at radius 2 is 1.76 bits per heavy atom. The SMILES string of the molecule is Cn1nc(-c2ccc(Br)cc2)cc1C(F)(F)F. The average molecular weight is 305 g/mol. The molecule has 0 aliphatic rings. The molecule has 1 heterocycles. The number of alkyl halides is 3. The van der Waals surface area contributed by atoms with Gasteiger partial charge in [0.1, 0.15) is 5.69 Å². The van der Waals surface area contributed by atoms with E-state index in [1.807, 2.05) is 0 Å². The van der Waals surface area contributed by atoms with Crippen LogP contribution in [0.1, 0.15) is 5.69 Å². The van der Waals surface area contributed by atoms with Gasteiger partial charge in [0.15, 0.2) is 0 Å². The van der Waals surface area contributed by atoms with Gasteiger partial charge in [0.2, 0.25) is 0 Å². The summed E-state index contributed by atoms with van der Waals surface area (Å²) in [5.74, 6) is 0. The van der Waals surface area contributed by atoms with Crippen molar-refractivity contribution in [3.8, 4) is 11.3 Å². The molecule has 0 radical (unpaired) electrons. The number of hydrogen-bond donors (Lipinski definition) is 0. The average Bonchev–Trinajstić information content (AvgIpc) is 2.61. The van der Waals surface area contributed by atoms with Crippen molar-refractivity contribution in [3.63, 3.8) is 0 Å². The van der Waals surface area contributed by atoms with Crippen LogP contribution in [0.2, 0.25) is 0 Å². The van der Waals surface area contributed by atoms with Gasteiger partial charge in [0.05, 0.1) is 5.69 Å². The van der Waals surface area contributed by atoms with Crippen molar-refractivity contribution in [2.45, 2.75) is 6.18 Å². The molecule has 0 N–H and O–H groups in total. The Morgan fingerprint density at radius 3 is 2.24 bits per heavy atom. The molecule has 6 heteroatoms. The van der Waals surface area contributed by atoms with E-state index < -0.39 is 11.9 Å². The number of aromatic nitrogens is 2. The summed E-state index contributed by atoms with van der Waals surface area (Å²) in [5.41, 5.74) is 0.210. The minimum absolute atomic E-state index is 0.312. The standard InChI is InChI=1S/C11H8BrF3N2/c1-17-10(11(13,14)15)6-9(16-17)7-2-4-8(12)5-3-7/h2-6H,1H3. The molecule has 0 amide bonds. The summed E-state index contributed by atoms with van der Waals surface area (Å²) in [6.45, 7) is 0. The van der Waals surface area contributed by atoms with Gasteiger partial charge in [-0.15, -0.1) is 0 Å². The van der Waals surface area contributed by atoms with Crippen LogP contribution >= 0.6 is 15.9 Å². The van der Waals surface area contributed by atoms with Crippen molar-refractivity contribution in [1.29, 1.82) is 0 Å². The third-order valence-electron chi connectivity index (χ3n) is 2.31. The largest absolute Gasteiger partial charge is 0.433 e. The van der Waals surface area contributed by atoms with E-state index in [0.29, 0.717) is 11.3 Å². The highest BCUT2D eigenvalue weighted by Gasteiger charge is 2.34. The highest BCUT2D eigenvalue weighted by atomic mass is 79.9. The molecule has 0 aliphatic carbocycles. The minimum Gasteiger partial charge on any atom is -0.263 e. The molecule has 2 aromatic rings. The first-order valence-electron chi connectivity index (χ1n) is 4.75. The molecule has 90 valence electrons. The summed E-state index contributed by atoms with van der Waals surface area (Å²) in [7, 11) is 1.28. The lowest BCUT2D eigenvalue weighted by Gasteiger charge is -2.04. The van der Waals surface area contributed by atoms with Gasteiger partial charge in [0.25, 0.3) is 0 Å². The molecule has 1 aromatic heterocycles. The molecule has 0 atom stereocenters. The highest BCUT2D eigenvalue weighted by molar-refractivity contribution is 9.10. The van der Waals surface area contributed by atoms with E-state index in [4.69, 9.17) is 0 Å². The third-order valence-corrected chi connectivity index (χ3v) is 2.84. The molecule has 17 heavy (non-hydrogen) atoms. The van der Waals surface area contributed by atoms with Gasteiger partial charge < -0.3 is 0 Å². The van der Waals surface area contributed by atoms with E-state index in [1.165, 1.54) is 7.05 Å².